The van der Waals surface area contributed by atoms with Crippen molar-refractivity contribution in [2.24, 2.45) is 5.92 Å². The number of hydrogen-bond donors (Lipinski definition) is 0. The molecule has 0 amide bonds. The van der Waals surface area contributed by atoms with Crippen molar-refractivity contribution in [3.63, 3.8) is 0 Å². The minimum absolute atomic E-state index is 0.0395. The van der Waals surface area contributed by atoms with E-state index in [0.717, 1.165) is 6.61 Å². The van der Waals surface area contributed by atoms with Gasteiger partial charge in [0.15, 0.2) is 0 Å². The first kappa shape index (κ1) is 23.8. The Hall–Kier alpha value is -0.250. The Morgan fingerprint density at radius 2 is 1.38 bits per heavy atom. The van der Waals surface area contributed by atoms with E-state index in [1.54, 1.807) is 0 Å². The molecule has 0 aliphatic carbocycles. The molecule has 0 heterocycles. The van der Waals surface area contributed by atoms with Crippen molar-refractivity contribution in [1.82, 2.24) is 0 Å². The summed E-state index contributed by atoms with van der Waals surface area (Å²) in [5, 5.41) is 0. The Bertz CT molecular complexity index is 359. The van der Waals surface area contributed by atoms with Gasteiger partial charge in [-0.2, -0.15) is 0 Å². The summed E-state index contributed by atoms with van der Waals surface area (Å²) < 4.78 is 50.6. The van der Waals surface area contributed by atoms with Crippen molar-refractivity contribution >= 4 is 10.4 Å². The van der Waals surface area contributed by atoms with E-state index in [9.17, 15) is 13.0 Å². The number of hydrogen-bond acceptors (Lipinski definition) is 7. The van der Waals surface area contributed by atoms with Crippen molar-refractivity contribution < 1.29 is 31.4 Å². The second-order valence-electron chi connectivity index (χ2n) is 5.68. The molecule has 0 aromatic carbocycles. The Morgan fingerprint density at radius 1 is 0.792 bits per heavy atom. The fourth-order valence-electron chi connectivity index (χ4n) is 2.29. The first-order valence-electron chi connectivity index (χ1n) is 8.83. The van der Waals surface area contributed by atoms with Crippen LogP contribution in [0.2, 0.25) is 0 Å². The summed E-state index contributed by atoms with van der Waals surface area (Å²) in [7, 11) is -4.63. The van der Waals surface area contributed by atoms with Gasteiger partial charge in [0.2, 0.25) is 10.4 Å². The Labute approximate surface area is 147 Å². The van der Waals surface area contributed by atoms with Gasteiger partial charge in [0, 0.05) is 6.61 Å². The molecule has 0 fully saturated rings. The molecular formula is C16H33O7S-. The van der Waals surface area contributed by atoms with E-state index in [1.165, 1.54) is 38.5 Å². The topological polar surface area (TPSA) is 94.1 Å². The van der Waals surface area contributed by atoms with Gasteiger partial charge in [-0.25, -0.2) is 8.42 Å². The molecule has 24 heavy (non-hydrogen) atoms. The summed E-state index contributed by atoms with van der Waals surface area (Å²) in [6.07, 6.45) is 7.43. The van der Waals surface area contributed by atoms with Crippen molar-refractivity contribution in [2.45, 2.75) is 52.4 Å². The maximum atomic E-state index is 10.2. The van der Waals surface area contributed by atoms with Gasteiger partial charge in [0.25, 0.3) is 0 Å². The Morgan fingerprint density at radius 3 is 1.92 bits per heavy atom. The van der Waals surface area contributed by atoms with E-state index < -0.39 is 10.4 Å². The predicted molar refractivity (Wildman–Crippen MR) is 90.6 cm³/mol. The standard InChI is InChI=1S/C16H34O7S/c1-3-5-6-8-16(7-4-2)15-22-12-11-20-9-10-21-13-14-23-24(17,18)19/h16H,3-15H2,1-2H3,(H,17,18,19)/p-1. The SMILES string of the molecule is CCCCCC(CCC)COCCOCCOCCOS(=O)(=O)[O-]. The summed E-state index contributed by atoms with van der Waals surface area (Å²) >= 11 is 0. The lowest BCUT2D eigenvalue weighted by molar-refractivity contribution is 0.00162. The Balaban J connectivity index is 3.38. The fourth-order valence-corrected chi connectivity index (χ4v) is 2.56. The summed E-state index contributed by atoms with van der Waals surface area (Å²) in [5.41, 5.74) is 0. The molecule has 0 rings (SSSR count). The van der Waals surface area contributed by atoms with Crippen LogP contribution in [0, 0.1) is 5.92 Å². The highest BCUT2D eigenvalue weighted by molar-refractivity contribution is 7.80. The smallest absolute Gasteiger partial charge is 0.217 e. The van der Waals surface area contributed by atoms with Crippen LogP contribution < -0.4 is 0 Å². The lowest BCUT2D eigenvalue weighted by Gasteiger charge is -2.16. The fraction of sp³-hybridized carbons (Fsp3) is 1.00. The first-order valence-corrected chi connectivity index (χ1v) is 10.2. The zero-order valence-corrected chi connectivity index (χ0v) is 15.9. The predicted octanol–water partition coefficient (Wildman–Crippen LogP) is 2.51. The summed E-state index contributed by atoms with van der Waals surface area (Å²) in [6.45, 7) is 6.74. The van der Waals surface area contributed by atoms with E-state index >= 15 is 0 Å². The van der Waals surface area contributed by atoms with Crippen LogP contribution in [-0.4, -0.2) is 59.2 Å². The molecular weight excluding hydrogens is 336 g/mol. The summed E-state index contributed by atoms with van der Waals surface area (Å²) in [4.78, 5) is 0. The second-order valence-corrected chi connectivity index (χ2v) is 6.73. The largest absolute Gasteiger partial charge is 0.726 e. The van der Waals surface area contributed by atoms with Crippen LogP contribution in [0.3, 0.4) is 0 Å². The quantitative estimate of drug-likeness (QED) is 0.208. The molecule has 0 saturated carbocycles. The highest BCUT2D eigenvalue weighted by Gasteiger charge is 2.07. The third-order valence-corrected chi connectivity index (χ3v) is 3.92. The molecule has 0 aromatic heterocycles. The van der Waals surface area contributed by atoms with Crippen LogP contribution in [0.1, 0.15) is 52.4 Å². The van der Waals surface area contributed by atoms with E-state index in [-0.39, 0.29) is 13.2 Å². The average Bonchev–Trinajstić information content (AvgIpc) is 2.51. The minimum Gasteiger partial charge on any atom is -0.726 e. The van der Waals surface area contributed by atoms with Crippen LogP contribution in [0.4, 0.5) is 0 Å². The molecule has 0 aromatic rings. The van der Waals surface area contributed by atoms with Crippen molar-refractivity contribution in [1.29, 1.82) is 0 Å². The number of rotatable bonds is 18. The maximum absolute atomic E-state index is 10.2. The molecule has 8 heteroatoms. The lowest BCUT2D eigenvalue weighted by atomic mass is 9.97. The van der Waals surface area contributed by atoms with E-state index in [1.807, 2.05) is 0 Å². The highest BCUT2D eigenvalue weighted by Crippen LogP contribution is 2.16. The molecule has 0 radical (unpaired) electrons. The van der Waals surface area contributed by atoms with Gasteiger partial charge in [-0.05, 0) is 18.8 Å². The van der Waals surface area contributed by atoms with Gasteiger partial charge in [-0.1, -0.05) is 39.5 Å². The molecule has 1 unspecified atom stereocenters. The van der Waals surface area contributed by atoms with Crippen LogP contribution in [0.15, 0.2) is 0 Å². The normalized spacial score (nSPS) is 13.3. The van der Waals surface area contributed by atoms with Gasteiger partial charge in [-0.15, -0.1) is 0 Å². The molecule has 0 aliphatic rings. The molecule has 146 valence electrons. The van der Waals surface area contributed by atoms with E-state index in [4.69, 9.17) is 14.2 Å². The van der Waals surface area contributed by atoms with Gasteiger partial charge in [0.05, 0.1) is 39.6 Å². The van der Waals surface area contributed by atoms with Crippen molar-refractivity contribution in [2.75, 3.05) is 46.2 Å². The maximum Gasteiger partial charge on any atom is 0.217 e. The average molecular weight is 370 g/mol. The molecule has 0 saturated heterocycles. The van der Waals surface area contributed by atoms with Gasteiger partial charge in [0.1, 0.15) is 0 Å². The monoisotopic (exact) mass is 369 g/mol. The molecule has 0 N–H and O–H groups in total. The molecule has 0 spiro atoms. The molecule has 7 nitrogen and oxygen atoms in total. The van der Waals surface area contributed by atoms with E-state index in [2.05, 4.69) is 18.0 Å². The van der Waals surface area contributed by atoms with Crippen LogP contribution in [-0.2, 0) is 28.8 Å². The molecule has 0 bridgehead atoms. The van der Waals surface area contributed by atoms with Gasteiger partial charge in [-0.3, -0.25) is 4.18 Å². The number of unbranched alkanes of at least 4 members (excludes halogenated alkanes) is 2. The van der Waals surface area contributed by atoms with Gasteiger partial charge >= 0.3 is 0 Å². The minimum atomic E-state index is -4.63. The lowest BCUT2D eigenvalue weighted by Crippen LogP contribution is -2.15. The number of ether oxygens (including phenoxy) is 3. The van der Waals surface area contributed by atoms with E-state index in [0.29, 0.717) is 32.3 Å². The van der Waals surface area contributed by atoms with Crippen LogP contribution in [0.5, 0.6) is 0 Å². The third kappa shape index (κ3) is 18.1. The van der Waals surface area contributed by atoms with Crippen molar-refractivity contribution in [3.8, 4) is 0 Å². The molecule has 1 atom stereocenters. The second kappa shape index (κ2) is 16.2. The van der Waals surface area contributed by atoms with Gasteiger partial charge < -0.3 is 18.8 Å². The zero-order valence-electron chi connectivity index (χ0n) is 15.0. The molecule has 0 aliphatic heterocycles. The van der Waals surface area contributed by atoms with Crippen LogP contribution >= 0.6 is 0 Å². The first-order chi connectivity index (χ1) is 11.5. The van der Waals surface area contributed by atoms with Crippen LogP contribution in [0.25, 0.3) is 0 Å². The zero-order chi connectivity index (χ0) is 18.1. The Kier molecular flexibility index (Phi) is 16.1. The summed E-state index contributed by atoms with van der Waals surface area (Å²) in [5.74, 6) is 0.641. The summed E-state index contributed by atoms with van der Waals surface area (Å²) in [6, 6.07) is 0. The third-order valence-electron chi connectivity index (χ3n) is 3.47. The highest BCUT2D eigenvalue weighted by atomic mass is 32.3. The van der Waals surface area contributed by atoms with Crippen molar-refractivity contribution in [3.05, 3.63) is 0 Å².